The van der Waals surface area contributed by atoms with Gasteiger partial charge in [0.25, 0.3) is 5.91 Å². The van der Waals surface area contributed by atoms with Gasteiger partial charge >= 0.3 is 0 Å². The Balaban J connectivity index is 1.38. The van der Waals surface area contributed by atoms with Crippen LogP contribution in [0.2, 0.25) is 0 Å². The van der Waals surface area contributed by atoms with E-state index in [1.54, 1.807) is 12.1 Å². The highest BCUT2D eigenvalue weighted by atomic mass is 16.6. The molecule has 8 nitrogen and oxygen atoms in total. The minimum atomic E-state index is -0.368. The van der Waals surface area contributed by atoms with Crippen LogP contribution in [0.5, 0.6) is 17.4 Å². The van der Waals surface area contributed by atoms with E-state index in [2.05, 4.69) is 21.3 Å². The Kier molecular flexibility index (Phi) is 4.31. The number of carbonyl (C=O) groups is 1. The lowest BCUT2D eigenvalue weighted by Crippen LogP contribution is -2.33. The summed E-state index contributed by atoms with van der Waals surface area (Å²) in [7, 11) is 0. The van der Waals surface area contributed by atoms with Crippen LogP contribution in [0.1, 0.15) is 12.0 Å². The number of para-hydroxylation sites is 1. The first-order valence-corrected chi connectivity index (χ1v) is 9.61. The number of anilines is 1. The molecule has 2 aliphatic rings. The average Bonchev–Trinajstić information content (AvgIpc) is 3.04. The van der Waals surface area contributed by atoms with Crippen LogP contribution in [-0.4, -0.2) is 42.3 Å². The number of aromatic amines is 1. The van der Waals surface area contributed by atoms with Crippen LogP contribution < -0.4 is 14.4 Å². The molecular weight excluding hydrogens is 372 g/mol. The maximum atomic E-state index is 12.5. The smallest absolute Gasteiger partial charge is 0.283 e. The van der Waals surface area contributed by atoms with E-state index < -0.39 is 0 Å². The summed E-state index contributed by atoms with van der Waals surface area (Å²) < 4.78 is 11.1. The normalized spacial score (nSPS) is 15.7. The predicted molar refractivity (Wildman–Crippen MR) is 107 cm³/mol. The Morgan fingerprint density at radius 2 is 1.97 bits per heavy atom. The predicted octanol–water partition coefficient (Wildman–Crippen LogP) is 3.71. The minimum absolute atomic E-state index is 0.149. The third-order valence-corrected chi connectivity index (χ3v) is 5.21. The number of benzene rings is 2. The third kappa shape index (κ3) is 3.26. The van der Waals surface area contributed by atoms with Gasteiger partial charge in [0.2, 0.25) is 5.88 Å². The van der Waals surface area contributed by atoms with Gasteiger partial charge in [0.15, 0.2) is 17.2 Å². The first-order chi connectivity index (χ1) is 14.2. The molecule has 5 rings (SSSR count). The summed E-state index contributed by atoms with van der Waals surface area (Å²) in [6.07, 6.45) is 2.01. The number of H-pyrrole nitrogens is 1. The van der Waals surface area contributed by atoms with Crippen LogP contribution in [0.15, 0.2) is 46.6 Å². The van der Waals surface area contributed by atoms with Crippen LogP contribution in [0.3, 0.4) is 0 Å². The summed E-state index contributed by atoms with van der Waals surface area (Å²) in [5.74, 6) is 0.666. The highest BCUT2D eigenvalue weighted by molar-refractivity contribution is 5.96. The molecule has 0 unspecified atom stereocenters. The van der Waals surface area contributed by atoms with Crippen LogP contribution >= 0.6 is 0 Å². The fourth-order valence-corrected chi connectivity index (χ4v) is 3.88. The number of hydrogen-bond donors (Lipinski definition) is 2. The van der Waals surface area contributed by atoms with Crippen molar-refractivity contribution in [3.63, 3.8) is 0 Å². The molecule has 8 heteroatoms. The highest BCUT2D eigenvalue weighted by Crippen LogP contribution is 2.42. The second kappa shape index (κ2) is 7.12. The van der Waals surface area contributed by atoms with Gasteiger partial charge in [-0.15, -0.1) is 10.2 Å². The van der Waals surface area contributed by atoms with Gasteiger partial charge in [-0.3, -0.25) is 4.79 Å². The number of nitrogens with one attached hydrogen (secondary N) is 1. The molecule has 3 heterocycles. The van der Waals surface area contributed by atoms with Gasteiger partial charge in [0.1, 0.15) is 19.8 Å². The average molecular weight is 392 g/mol. The lowest BCUT2D eigenvalue weighted by Gasteiger charge is -2.29. The highest BCUT2D eigenvalue weighted by Gasteiger charge is 2.20. The maximum Gasteiger partial charge on any atom is 0.283 e. The molecule has 148 valence electrons. The molecule has 0 bridgehead atoms. The van der Waals surface area contributed by atoms with Gasteiger partial charge in [-0.2, -0.15) is 0 Å². The molecule has 2 N–H and O–H groups in total. The molecule has 2 aromatic carbocycles. The van der Waals surface area contributed by atoms with E-state index in [-0.39, 0.29) is 24.0 Å². The van der Waals surface area contributed by atoms with Crippen molar-refractivity contribution in [1.82, 2.24) is 4.98 Å². The van der Waals surface area contributed by atoms with E-state index in [0.29, 0.717) is 35.6 Å². The molecule has 1 amide bonds. The maximum absolute atomic E-state index is 12.5. The minimum Gasteiger partial charge on any atom is -0.493 e. The summed E-state index contributed by atoms with van der Waals surface area (Å²) in [5, 5.41) is 18.7. The van der Waals surface area contributed by atoms with Crippen LogP contribution in [0.25, 0.3) is 10.9 Å². The zero-order chi connectivity index (χ0) is 19.8. The summed E-state index contributed by atoms with van der Waals surface area (Å²) in [6.45, 7) is 1.89. The Morgan fingerprint density at radius 1 is 1.17 bits per heavy atom. The molecule has 29 heavy (non-hydrogen) atoms. The second-order valence-electron chi connectivity index (χ2n) is 7.11. The van der Waals surface area contributed by atoms with Crippen molar-refractivity contribution < 1.29 is 19.4 Å². The van der Waals surface area contributed by atoms with Crippen molar-refractivity contribution in [2.75, 3.05) is 31.2 Å². The number of amides is 1. The molecular formula is C21H20N4O4. The van der Waals surface area contributed by atoms with E-state index in [9.17, 15) is 9.90 Å². The first-order valence-electron chi connectivity index (χ1n) is 9.61. The van der Waals surface area contributed by atoms with Crippen molar-refractivity contribution >= 4 is 28.2 Å². The fraction of sp³-hybridized carbons (Fsp3) is 0.286. The molecule has 3 aromatic rings. The molecule has 0 spiro atoms. The van der Waals surface area contributed by atoms with E-state index in [1.165, 1.54) is 5.56 Å². The number of nitrogens with zero attached hydrogens (tertiary/aromatic N) is 3. The fourth-order valence-electron chi connectivity index (χ4n) is 3.88. The number of aromatic hydroxyl groups is 1. The zero-order valence-corrected chi connectivity index (χ0v) is 15.7. The Bertz CT molecular complexity index is 1120. The molecule has 2 aliphatic heterocycles. The monoisotopic (exact) mass is 392 g/mol. The lowest BCUT2D eigenvalue weighted by atomic mass is 10.0. The van der Waals surface area contributed by atoms with E-state index in [4.69, 9.17) is 9.47 Å². The molecule has 0 saturated carbocycles. The number of carbonyl (C=O) groups excluding carboxylic acids is 1. The SMILES string of the molecule is O=C(CN1CCCc2ccccc21)N=Nc1c(O)[nH]c2cc3c(cc12)OCCO3. The van der Waals surface area contributed by atoms with Crippen LogP contribution in [0, 0.1) is 0 Å². The Hall–Kier alpha value is -3.55. The number of fused-ring (bicyclic) bond motifs is 3. The molecule has 0 radical (unpaired) electrons. The summed E-state index contributed by atoms with van der Waals surface area (Å²) in [4.78, 5) is 17.3. The number of aryl methyl sites for hydroxylation is 1. The number of ether oxygens (including phenoxy) is 2. The molecule has 0 aliphatic carbocycles. The Morgan fingerprint density at radius 3 is 2.83 bits per heavy atom. The molecule has 0 fully saturated rings. The van der Waals surface area contributed by atoms with Gasteiger partial charge in [-0.1, -0.05) is 18.2 Å². The number of hydrogen-bond acceptors (Lipinski definition) is 6. The van der Waals surface area contributed by atoms with Crippen molar-refractivity contribution in [1.29, 1.82) is 0 Å². The van der Waals surface area contributed by atoms with Crippen molar-refractivity contribution in [2.45, 2.75) is 12.8 Å². The topological polar surface area (TPSA) is 99.5 Å². The summed E-state index contributed by atoms with van der Waals surface area (Å²) in [5.41, 5.74) is 3.16. The number of rotatable bonds is 3. The lowest BCUT2D eigenvalue weighted by molar-refractivity contribution is -0.117. The molecule has 0 atom stereocenters. The first kappa shape index (κ1) is 17.5. The quantitative estimate of drug-likeness (QED) is 0.662. The van der Waals surface area contributed by atoms with Crippen LogP contribution in [0.4, 0.5) is 11.4 Å². The van der Waals surface area contributed by atoms with Gasteiger partial charge in [-0.25, -0.2) is 0 Å². The summed E-state index contributed by atoms with van der Waals surface area (Å²) in [6, 6.07) is 11.6. The van der Waals surface area contributed by atoms with Crippen LogP contribution in [-0.2, 0) is 11.2 Å². The zero-order valence-electron chi connectivity index (χ0n) is 15.7. The van der Waals surface area contributed by atoms with Crippen molar-refractivity contribution in [2.24, 2.45) is 10.2 Å². The Labute approximate surface area is 166 Å². The number of aromatic nitrogens is 1. The van der Waals surface area contributed by atoms with Crippen molar-refractivity contribution in [3.05, 3.63) is 42.0 Å². The van der Waals surface area contributed by atoms with Gasteiger partial charge in [0, 0.05) is 23.7 Å². The third-order valence-electron chi connectivity index (χ3n) is 5.21. The number of azo groups is 1. The van der Waals surface area contributed by atoms with E-state index in [1.807, 2.05) is 23.1 Å². The van der Waals surface area contributed by atoms with Gasteiger partial charge in [0.05, 0.1) is 5.52 Å². The van der Waals surface area contributed by atoms with Crippen molar-refractivity contribution in [3.8, 4) is 17.4 Å². The van der Waals surface area contributed by atoms with E-state index >= 15 is 0 Å². The largest absolute Gasteiger partial charge is 0.493 e. The molecule has 1 aromatic heterocycles. The van der Waals surface area contributed by atoms with Gasteiger partial charge < -0.3 is 24.5 Å². The van der Waals surface area contributed by atoms with E-state index in [0.717, 1.165) is 25.1 Å². The standard InChI is InChI=1S/C21H20N4O4/c26-19(12-25-7-3-5-13-4-1-2-6-16(13)25)23-24-20-14-10-17-18(29-9-8-28-17)11-15(14)22-21(20)27/h1-2,4,6,10-11,22,27H,3,5,7-9,12H2. The second-order valence-corrected chi connectivity index (χ2v) is 7.11. The summed E-state index contributed by atoms with van der Waals surface area (Å²) >= 11 is 0. The van der Waals surface area contributed by atoms with Gasteiger partial charge in [-0.05, 0) is 30.5 Å². The molecule has 0 saturated heterocycles.